The summed E-state index contributed by atoms with van der Waals surface area (Å²) in [6.07, 6.45) is -2.09. The topological polar surface area (TPSA) is 113 Å². The first-order valence-electron chi connectivity index (χ1n) is 8.14. The highest BCUT2D eigenvalue weighted by Crippen LogP contribution is 2.38. The van der Waals surface area contributed by atoms with Crippen LogP contribution in [0.3, 0.4) is 0 Å². The maximum absolute atomic E-state index is 14.4. The third kappa shape index (κ3) is 4.34. The van der Waals surface area contributed by atoms with E-state index in [-0.39, 0.29) is 36.1 Å². The summed E-state index contributed by atoms with van der Waals surface area (Å²) in [4.78, 5) is 19.7. The molecule has 3 N–H and O–H groups in total. The van der Waals surface area contributed by atoms with Crippen LogP contribution >= 0.6 is 12.4 Å². The number of carbonyl (C=O) groups is 1. The van der Waals surface area contributed by atoms with E-state index in [0.717, 1.165) is 12.3 Å². The van der Waals surface area contributed by atoms with Crippen molar-refractivity contribution in [3.8, 4) is 6.07 Å². The predicted molar refractivity (Wildman–Crippen MR) is 101 cm³/mol. The number of benzene rings is 1. The van der Waals surface area contributed by atoms with Gasteiger partial charge in [0, 0.05) is 17.8 Å². The summed E-state index contributed by atoms with van der Waals surface area (Å²) in [5.74, 6) is -3.64. The minimum atomic E-state index is -3.22. The minimum Gasteiger partial charge on any atom is -0.385 e. The molecule has 0 aliphatic carbocycles. The molecule has 3 rings (SSSR count). The number of amides is 1. The van der Waals surface area contributed by atoms with E-state index in [1.54, 1.807) is 0 Å². The number of alkyl halides is 2. The number of aliphatic imine (C=N–C) groups is 1. The van der Waals surface area contributed by atoms with Gasteiger partial charge in [0.15, 0.2) is 5.54 Å². The average Bonchev–Trinajstić information content (AvgIpc) is 2.69. The number of amidine groups is 1. The molecule has 12 heteroatoms. The number of aromatic nitrogens is 1. The number of nitrogens with two attached hydrogens (primary N) is 1. The lowest BCUT2D eigenvalue weighted by Gasteiger charge is -2.33. The van der Waals surface area contributed by atoms with Gasteiger partial charge in [-0.25, -0.2) is 22.5 Å². The zero-order valence-corrected chi connectivity index (χ0v) is 15.9. The number of rotatable bonds is 4. The zero-order valence-electron chi connectivity index (χ0n) is 15.0. The van der Waals surface area contributed by atoms with E-state index >= 15 is 0 Å². The van der Waals surface area contributed by atoms with Gasteiger partial charge in [0.1, 0.15) is 35.8 Å². The maximum Gasteiger partial charge on any atom is 0.274 e. The summed E-state index contributed by atoms with van der Waals surface area (Å²) in [5.41, 5.74) is 1.79. The van der Waals surface area contributed by atoms with E-state index in [2.05, 4.69) is 15.3 Å². The monoisotopic (exact) mass is 443 g/mol. The number of carbonyl (C=O) groups excluding carboxylic acids is 1. The first-order chi connectivity index (χ1) is 13.8. The molecule has 30 heavy (non-hydrogen) atoms. The van der Waals surface area contributed by atoms with Crippen molar-refractivity contribution < 1.29 is 27.1 Å². The smallest absolute Gasteiger partial charge is 0.274 e. The Balaban J connectivity index is 0.00000320. The third-order valence-electron chi connectivity index (χ3n) is 4.17. The summed E-state index contributed by atoms with van der Waals surface area (Å²) in [6, 6.07) is 5.44. The molecular formula is C18H14ClF4N5O2. The molecule has 158 valence electrons. The molecule has 0 spiro atoms. The highest BCUT2D eigenvalue weighted by atomic mass is 35.5. The van der Waals surface area contributed by atoms with Crippen LogP contribution in [0.1, 0.15) is 21.6 Å². The molecule has 0 saturated carbocycles. The molecule has 0 bridgehead atoms. The maximum atomic E-state index is 14.4. The van der Waals surface area contributed by atoms with E-state index in [9.17, 15) is 22.4 Å². The van der Waals surface area contributed by atoms with Gasteiger partial charge in [-0.2, -0.15) is 5.26 Å². The summed E-state index contributed by atoms with van der Waals surface area (Å²) in [5, 5.41) is 10.9. The molecular weight excluding hydrogens is 430 g/mol. The quantitative estimate of drug-likeness (QED) is 0.705. The van der Waals surface area contributed by atoms with Crippen molar-refractivity contribution >= 4 is 29.8 Å². The van der Waals surface area contributed by atoms with Crippen molar-refractivity contribution in [2.45, 2.75) is 12.0 Å². The van der Waals surface area contributed by atoms with E-state index in [1.165, 1.54) is 12.1 Å². The lowest BCUT2D eigenvalue weighted by molar-refractivity contribution is -0.0146. The third-order valence-corrected chi connectivity index (χ3v) is 4.17. The Morgan fingerprint density at radius 1 is 1.30 bits per heavy atom. The molecule has 1 atom stereocenters. The summed E-state index contributed by atoms with van der Waals surface area (Å²) in [7, 11) is 0. The fourth-order valence-corrected chi connectivity index (χ4v) is 2.76. The number of halogens is 5. The van der Waals surface area contributed by atoms with Gasteiger partial charge in [-0.3, -0.25) is 9.79 Å². The standard InChI is InChI=1S/C18H13F4N5O2.ClH/c19-11-4-12(20)14(26-16(28)13-2-1-9(5-23)6-25-13)3-10(11)18(17(21)22)8-29-7-15(24)27-18;/h1-4,6,17H,7-8H2,(H2,24,27)(H,26,28);1H. The summed E-state index contributed by atoms with van der Waals surface area (Å²) < 4.78 is 61.2. The highest BCUT2D eigenvalue weighted by Gasteiger charge is 2.46. The molecule has 1 aromatic heterocycles. The van der Waals surface area contributed by atoms with Gasteiger partial charge in [-0.15, -0.1) is 12.4 Å². The van der Waals surface area contributed by atoms with Gasteiger partial charge in [0.05, 0.1) is 17.9 Å². The molecule has 1 unspecified atom stereocenters. The fourth-order valence-electron chi connectivity index (χ4n) is 2.76. The lowest BCUT2D eigenvalue weighted by atomic mass is 9.89. The Bertz CT molecular complexity index is 1030. The van der Waals surface area contributed by atoms with Gasteiger partial charge in [0.25, 0.3) is 12.3 Å². The van der Waals surface area contributed by atoms with Crippen LogP contribution in [0.15, 0.2) is 35.5 Å². The lowest BCUT2D eigenvalue weighted by Crippen LogP contribution is -2.45. The van der Waals surface area contributed by atoms with Crippen molar-refractivity contribution in [1.82, 2.24) is 4.98 Å². The number of hydrogen-bond acceptors (Lipinski definition) is 6. The summed E-state index contributed by atoms with van der Waals surface area (Å²) >= 11 is 0. The number of nitrogens with zero attached hydrogens (tertiary/aromatic N) is 3. The Labute approximate surface area is 174 Å². The Morgan fingerprint density at radius 3 is 2.60 bits per heavy atom. The van der Waals surface area contributed by atoms with Gasteiger partial charge in [-0.1, -0.05) is 0 Å². The van der Waals surface area contributed by atoms with Crippen LogP contribution in [0.2, 0.25) is 0 Å². The number of pyridine rings is 1. The number of ether oxygens (including phenoxy) is 1. The molecule has 1 aromatic carbocycles. The van der Waals surface area contributed by atoms with Crippen LogP contribution in [0.4, 0.5) is 23.2 Å². The molecule has 2 aromatic rings. The highest BCUT2D eigenvalue weighted by molar-refractivity contribution is 6.03. The van der Waals surface area contributed by atoms with E-state index in [1.807, 2.05) is 6.07 Å². The van der Waals surface area contributed by atoms with Crippen LogP contribution in [0, 0.1) is 23.0 Å². The van der Waals surface area contributed by atoms with Gasteiger partial charge < -0.3 is 15.8 Å². The first-order valence-corrected chi connectivity index (χ1v) is 8.14. The second-order valence-corrected chi connectivity index (χ2v) is 6.13. The minimum absolute atomic E-state index is 0. The molecule has 0 radical (unpaired) electrons. The van der Waals surface area contributed by atoms with E-state index in [0.29, 0.717) is 6.07 Å². The zero-order chi connectivity index (χ0) is 21.2. The van der Waals surface area contributed by atoms with Crippen molar-refractivity contribution in [3.63, 3.8) is 0 Å². The first kappa shape index (κ1) is 23.1. The van der Waals surface area contributed by atoms with Crippen molar-refractivity contribution in [2.24, 2.45) is 10.7 Å². The number of nitrogens with one attached hydrogen (secondary N) is 1. The molecule has 7 nitrogen and oxygen atoms in total. The van der Waals surface area contributed by atoms with E-state index < -0.39 is 47.4 Å². The largest absolute Gasteiger partial charge is 0.385 e. The summed E-state index contributed by atoms with van der Waals surface area (Å²) in [6.45, 7) is -0.885. The molecule has 1 amide bonds. The molecule has 2 heterocycles. The molecule has 1 aliphatic heterocycles. The molecule has 0 fully saturated rings. The number of nitriles is 1. The second-order valence-electron chi connectivity index (χ2n) is 6.13. The predicted octanol–water partition coefficient (Wildman–Crippen LogP) is 2.75. The normalized spacial score (nSPS) is 18.2. The molecule has 1 aliphatic rings. The van der Waals surface area contributed by atoms with Gasteiger partial charge >= 0.3 is 0 Å². The second kappa shape index (κ2) is 9.06. The van der Waals surface area contributed by atoms with Crippen LogP contribution in [0.5, 0.6) is 0 Å². The number of hydrogen-bond donors (Lipinski definition) is 2. The Hall–Kier alpha value is -3.23. The van der Waals surface area contributed by atoms with Crippen molar-refractivity contribution in [3.05, 3.63) is 58.9 Å². The van der Waals surface area contributed by atoms with E-state index in [4.69, 9.17) is 15.7 Å². The molecule has 0 saturated heterocycles. The van der Waals surface area contributed by atoms with Crippen LogP contribution < -0.4 is 11.1 Å². The van der Waals surface area contributed by atoms with Gasteiger partial charge in [-0.05, 0) is 18.2 Å². The van der Waals surface area contributed by atoms with Crippen LogP contribution in [-0.4, -0.2) is 36.4 Å². The average molecular weight is 444 g/mol. The van der Waals surface area contributed by atoms with Gasteiger partial charge in [0.2, 0.25) is 0 Å². The van der Waals surface area contributed by atoms with Crippen LogP contribution in [-0.2, 0) is 10.3 Å². The fraction of sp³-hybridized carbons (Fsp3) is 0.222. The van der Waals surface area contributed by atoms with Crippen LogP contribution in [0.25, 0.3) is 0 Å². The SMILES string of the molecule is Cl.N#Cc1ccc(C(=O)Nc2cc(C3(C(F)F)COCC(N)=N3)c(F)cc2F)nc1. The Morgan fingerprint density at radius 2 is 2.03 bits per heavy atom. The Kier molecular flexibility index (Phi) is 6.96. The number of anilines is 1. The van der Waals surface area contributed by atoms with Crippen molar-refractivity contribution in [2.75, 3.05) is 18.5 Å². The van der Waals surface area contributed by atoms with Crippen molar-refractivity contribution in [1.29, 1.82) is 5.26 Å².